The van der Waals surface area contributed by atoms with Crippen LogP contribution >= 0.6 is 11.6 Å². The summed E-state index contributed by atoms with van der Waals surface area (Å²) in [5.74, 6) is 0.113. The van der Waals surface area contributed by atoms with Gasteiger partial charge in [-0.05, 0) is 42.5 Å². The molecule has 25 heavy (non-hydrogen) atoms. The number of rotatable bonds is 7. The van der Waals surface area contributed by atoms with Gasteiger partial charge in [0.1, 0.15) is 5.75 Å². The summed E-state index contributed by atoms with van der Waals surface area (Å²) in [7, 11) is -2.28. The van der Waals surface area contributed by atoms with Gasteiger partial charge in [0.2, 0.25) is 15.9 Å². The Morgan fingerprint density at radius 2 is 1.88 bits per heavy atom. The highest BCUT2D eigenvalue weighted by atomic mass is 35.5. The monoisotopic (exact) mass is 382 g/mol. The van der Waals surface area contributed by atoms with Crippen LogP contribution in [0.1, 0.15) is 6.92 Å². The highest BCUT2D eigenvalue weighted by Gasteiger charge is 2.25. The molecule has 1 N–H and O–H groups in total. The third-order valence-corrected chi connectivity index (χ3v) is 5.65. The van der Waals surface area contributed by atoms with Crippen LogP contribution in [0.15, 0.2) is 53.4 Å². The molecule has 2 aromatic rings. The minimum Gasteiger partial charge on any atom is -0.497 e. The average molecular weight is 383 g/mol. The van der Waals surface area contributed by atoms with Crippen LogP contribution < -0.4 is 10.1 Å². The largest absolute Gasteiger partial charge is 0.497 e. The molecule has 2 rings (SSSR count). The maximum Gasteiger partial charge on any atom is 0.243 e. The summed E-state index contributed by atoms with van der Waals surface area (Å²) < 4.78 is 31.5. The fraction of sp³-hybridized carbons (Fsp3) is 0.235. The van der Waals surface area contributed by atoms with Crippen LogP contribution in [0.25, 0.3) is 0 Å². The lowest BCUT2D eigenvalue weighted by molar-refractivity contribution is -0.116. The van der Waals surface area contributed by atoms with Crippen molar-refractivity contribution in [3.05, 3.63) is 53.6 Å². The Labute approximate surface area is 152 Å². The van der Waals surface area contributed by atoms with Gasteiger partial charge in [-0.3, -0.25) is 4.79 Å². The van der Waals surface area contributed by atoms with E-state index in [1.54, 1.807) is 43.3 Å². The summed E-state index contributed by atoms with van der Waals surface area (Å²) in [6.45, 7) is 1.54. The molecule has 0 aliphatic rings. The van der Waals surface area contributed by atoms with Gasteiger partial charge in [-0.15, -0.1) is 0 Å². The first kappa shape index (κ1) is 19.2. The molecule has 0 heterocycles. The third-order valence-electron chi connectivity index (χ3n) is 3.48. The Kier molecular flexibility index (Phi) is 6.41. The number of hydrogen-bond donors (Lipinski definition) is 1. The van der Waals surface area contributed by atoms with E-state index in [9.17, 15) is 13.2 Å². The summed E-state index contributed by atoms with van der Waals surface area (Å²) in [6.07, 6.45) is 0. The van der Waals surface area contributed by atoms with E-state index in [1.165, 1.54) is 19.2 Å². The molecular weight excluding hydrogens is 364 g/mol. The number of nitrogens with one attached hydrogen (secondary N) is 1. The van der Waals surface area contributed by atoms with Crippen molar-refractivity contribution >= 4 is 33.2 Å². The Bertz CT molecular complexity index is 838. The van der Waals surface area contributed by atoms with E-state index in [0.717, 1.165) is 4.31 Å². The SMILES string of the molecule is CCN(CC(=O)Nc1cccc(Cl)c1)S(=O)(=O)c1ccc(OC)cc1. The van der Waals surface area contributed by atoms with Crippen LogP contribution in [0.4, 0.5) is 5.69 Å². The Morgan fingerprint density at radius 1 is 1.20 bits per heavy atom. The molecule has 0 aromatic heterocycles. The lowest BCUT2D eigenvalue weighted by Gasteiger charge is -2.20. The number of benzene rings is 2. The topological polar surface area (TPSA) is 75.7 Å². The van der Waals surface area contributed by atoms with E-state index in [-0.39, 0.29) is 18.0 Å². The van der Waals surface area contributed by atoms with E-state index >= 15 is 0 Å². The second kappa shape index (κ2) is 8.33. The predicted molar refractivity (Wildman–Crippen MR) is 97.5 cm³/mol. The summed E-state index contributed by atoms with van der Waals surface area (Å²) >= 11 is 5.87. The first-order valence-electron chi connectivity index (χ1n) is 7.56. The zero-order valence-corrected chi connectivity index (χ0v) is 15.5. The van der Waals surface area contributed by atoms with Crippen molar-refractivity contribution in [2.45, 2.75) is 11.8 Å². The van der Waals surface area contributed by atoms with Crippen molar-refractivity contribution in [1.82, 2.24) is 4.31 Å². The fourth-order valence-electron chi connectivity index (χ4n) is 2.19. The normalized spacial score (nSPS) is 11.4. The van der Waals surface area contributed by atoms with E-state index in [1.807, 2.05) is 0 Å². The van der Waals surface area contributed by atoms with Crippen LogP contribution in [-0.4, -0.2) is 38.8 Å². The second-order valence-corrected chi connectivity index (χ2v) is 7.54. The van der Waals surface area contributed by atoms with E-state index in [0.29, 0.717) is 16.5 Å². The third kappa shape index (κ3) is 4.94. The van der Waals surface area contributed by atoms with Gasteiger partial charge in [-0.25, -0.2) is 8.42 Å². The number of methoxy groups -OCH3 is 1. The quantitative estimate of drug-likeness (QED) is 0.798. The fourth-order valence-corrected chi connectivity index (χ4v) is 3.79. The average Bonchev–Trinajstić information content (AvgIpc) is 2.59. The highest BCUT2D eigenvalue weighted by molar-refractivity contribution is 7.89. The van der Waals surface area contributed by atoms with Crippen LogP contribution in [0.2, 0.25) is 5.02 Å². The predicted octanol–water partition coefficient (Wildman–Crippen LogP) is 3.00. The van der Waals surface area contributed by atoms with Gasteiger partial charge < -0.3 is 10.1 Å². The number of likely N-dealkylation sites (N-methyl/N-ethyl adjacent to an activating group) is 1. The Balaban J connectivity index is 2.13. The first-order chi connectivity index (χ1) is 11.9. The van der Waals surface area contributed by atoms with Crippen LogP contribution in [0, 0.1) is 0 Å². The number of halogens is 1. The van der Waals surface area contributed by atoms with E-state index in [4.69, 9.17) is 16.3 Å². The molecule has 0 saturated heterocycles. The molecule has 0 spiro atoms. The van der Waals surface area contributed by atoms with Crippen molar-refractivity contribution in [3.8, 4) is 5.75 Å². The molecule has 2 aromatic carbocycles. The molecule has 1 amide bonds. The molecule has 0 saturated carbocycles. The maximum atomic E-state index is 12.7. The van der Waals surface area contributed by atoms with Gasteiger partial charge in [0.05, 0.1) is 18.6 Å². The first-order valence-corrected chi connectivity index (χ1v) is 9.38. The number of carbonyl (C=O) groups is 1. The lowest BCUT2D eigenvalue weighted by Crippen LogP contribution is -2.37. The number of sulfonamides is 1. The van der Waals surface area contributed by atoms with Crippen molar-refractivity contribution in [2.24, 2.45) is 0 Å². The molecule has 0 aliphatic carbocycles. The molecule has 8 heteroatoms. The molecule has 0 atom stereocenters. The number of ether oxygens (including phenoxy) is 1. The number of nitrogens with zero attached hydrogens (tertiary/aromatic N) is 1. The van der Waals surface area contributed by atoms with Gasteiger partial charge in [0.15, 0.2) is 0 Å². The Hall–Kier alpha value is -2.09. The van der Waals surface area contributed by atoms with E-state index < -0.39 is 15.9 Å². The molecule has 0 radical (unpaired) electrons. The summed E-state index contributed by atoms with van der Waals surface area (Å²) in [4.78, 5) is 12.3. The maximum absolute atomic E-state index is 12.7. The number of hydrogen-bond acceptors (Lipinski definition) is 4. The van der Waals surface area contributed by atoms with Gasteiger partial charge in [-0.2, -0.15) is 4.31 Å². The second-order valence-electron chi connectivity index (χ2n) is 5.17. The van der Waals surface area contributed by atoms with Gasteiger partial charge >= 0.3 is 0 Å². The van der Waals surface area contributed by atoms with Crippen LogP contribution in [0.3, 0.4) is 0 Å². The van der Waals surface area contributed by atoms with Gasteiger partial charge in [0, 0.05) is 17.3 Å². The minimum absolute atomic E-state index is 0.103. The molecule has 0 fully saturated rings. The standard InChI is InChI=1S/C17H19ClN2O4S/c1-3-20(12-17(21)19-14-6-4-5-13(18)11-14)25(22,23)16-9-7-15(24-2)8-10-16/h4-11H,3,12H2,1-2H3,(H,19,21). The molecule has 0 bridgehead atoms. The highest BCUT2D eigenvalue weighted by Crippen LogP contribution is 2.20. The molecule has 134 valence electrons. The Morgan fingerprint density at radius 3 is 2.44 bits per heavy atom. The van der Waals surface area contributed by atoms with Gasteiger partial charge in [0.25, 0.3) is 0 Å². The van der Waals surface area contributed by atoms with E-state index in [2.05, 4.69) is 5.32 Å². The molecule has 6 nitrogen and oxygen atoms in total. The molecule has 0 unspecified atom stereocenters. The van der Waals surface area contributed by atoms with Crippen molar-refractivity contribution in [3.63, 3.8) is 0 Å². The summed E-state index contributed by atoms with van der Waals surface area (Å²) in [6, 6.07) is 12.7. The zero-order valence-electron chi connectivity index (χ0n) is 13.9. The van der Waals surface area contributed by atoms with Crippen molar-refractivity contribution in [1.29, 1.82) is 0 Å². The number of carbonyl (C=O) groups excluding carboxylic acids is 1. The number of anilines is 1. The van der Waals surface area contributed by atoms with Crippen molar-refractivity contribution < 1.29 is 17.9 Å². The summed E-state index contributed by atoms with van der Waals surface area (Å²) in [5.41, 5.74) is 0.510. The summed E-state index contributed by atoms with van der Waals surface area (Å²) in [5, 5.41) is 3.12. The lowest BCUT2D eigenvalue weighted by atomic mass is 10.3. The molecule has 0 aliphatic heterocycles. The van der Waals surface area contributed by atoms with Crippen LogP contribution in [0.5, 0.6) is 5.75 Å². The smallest absolute Gasteiger partial charge is 0.243 e. The zero-order chi connectivity index (χ0) is 18.4. The van der Waals surface area contributed by atoms with Crippen molar-refractivity contribution in [2.75, 3.05) is 25.5 Å². The number of amides is 1. The van der Waals surface area contributed by atoms with Gasteiger partial charge in [-0.1, -0.05) is 24.6 Å². The van der Waals surface area contributed by atoms with Crippen LogP contribution in [-0.2, 0) is 14.8 Å². The minimum atomic E-state index is -3.78. The molecular formula is C17H19ClN2O4S.